The first-order chi connectivity index (χ1) is 9.86. The van der Waals surface area contributed by atoms with Crippen molar-refractivity contribution in [1.29, 1.82) is 0 Å². The summed E-state index contributed by atoms with van der Waals surface area (Å²) in [6.45, 7) is 5.93. The van der Waals surface area contributed by atoms with Gasteiger partial charge in [0.1, 0.15) is 0 Å². The second-order valence-corrected chi connectivity index (χ2v) is 6.54. The molecule has 1 N–H and O–H groups in total. The summed E-state index contributed by atoms with van der Waals surface area (Å²) in [6, 6.07) is 4.88. The van der Waals surface area contributed by atoms with E-state index >= 15 is 0 Å². The van der Waals surface area contributed by atoms with Crippen molar-refractivity contribution in [2.75, 3.05) is 18.6 Å². The summed E-state index contributed by atoms with van der Waals surface area (Å²) in [7, 11) is 1.77. The molecule has 116 valence electrons. The maximum Gasteiger partial charge on any atom is 0.335 e. The Labute approximate surface area is 130 Å². The average Bonchev–Trinajstić information content (AvgIpc) is 2.45. The van der Waals surface area contributed by atoms with Crippen molar-refractivity contribution in [3.63, 3.8) is 0 Å². The Morgan fingerprint density at radius 3 is 2.48 bits per heavy atom. The molecule has 0 bridgehead atoms. The fourth-order valence-electron chi connectivity index (χ4n) is 2.03. The van der Waals surface area contributed by atoms with Gasteiger partial charge in [0.05, 0.1) is 5.56 Å². The Morgan fingerprint density at radius 1 is 1.29 bits per heavy atom. The second kappa shape index (κ2) is 8.08. The van der Waals surface area contributed by atoms with Crippen LogP contribution in [0.4, 0.5) is 0 Å². The zero-order chi connectivity index (χ0) is 16.0. The van der Waals surface area contributed by atoms with Crippen molar-refractivity contribution in [2.45, 2.75) is 33.2 Å². The highest BCUT2D eigenvalue weighted by Crippen LogP contribution is 2.15. The van der Waals surface area contributed by atoms with Gasteiger partial charge in [-0.15, -0.1) is 0 Å². The fraction of sp³-hybridized carbons (Fsp3) is 0.500. The molecule has 0 fully saturated rings. The molecule has 1 aromatic carbocycles. The number of thioether (sulfide) groups is 1. The number of hydrogen-bond donors (Lipinski definition) is 1. The minimum Gasteiger partial charge on any atom is -0.478 e. The van der Waals surface area contributed by atoms with Gasteiger partial charge in [-0.1, -0.05) is 6.92 Å². The third-order valence-corrected chi connectivity index (χ3v) is 4.37. The average molecular weight is 309 g/mol. The number of carboxylic acid groups (broad SMARTS) is 1. The lowest BCUT2D eigenvalue weighted by molar-refractivity contribution is 0.0696. The van der Waals surface area contributed by atoms with E-state index in [1.54, 1.807) is 31.0 Å². The lowest BCUT2D eigenvalue weighted by Gasteiger charge is -2.25. The largest absolute Gasteiger partial charge is 0.478 e. The molecule has 0 heterocycles. The second-order valence-electron chi connectivity index (χ2n) is 5.14. The molecular formula is C16H23NO3S. The Hall–Kier alpha value is -1.49. The van der Waals surface area contributed by atoms with E-state index < -0.39 is 5.97 Å². The maximum absolute atomic E-state index is 12.5. The third-order valence-electron chi connectivity index (χ3n) is 3.44. The number of benzene rings is 1. The van der Waals surface area contributed by atoms with Crippen LogP contribution in [0.3, 0.4) is 0 Å². The van der Waals surface area contributed by atoms with Gasteiger partial charge < -0.3 is 10.0 Å². The van der Waals surface area contributed by atoms with Gasteiger partial charge in [-0.2, -0.15) is 11.8 Å². The van der Waals surface area contributed by atoms with Crippen molar-refractivity contribution in [2.24, 2.45) is 0 Å². The molecule has 0 aromatic heterocycles. The van der Waals surface area contributed by atoms with Crippen molar-refractivity contribution < 1.29 is 14.7 Å². The monoisotopic (exact) mass is 309 g/mol. The summed E-state index contributed by atoms with van der Waals surface area (Å²) in [5.41, 5.74) is 1.37. The van der Waals surface area contributed by atoms with Crippen LogP contribution in [-0.4, -0.2) is 46.5 Å². The summed E-state index contributed by atoms with van der Waals surface area (Å²) in [4.78, 5) is 25.2. The maximum atomic E-state index is 12.5. The van der Waals surface area contributed by atoms with E-state index in [0.717, 1.165) is 23.5 Å². The molecule has 1 atom stereocenters. The molecule has 1 rings (SSSR count). The first-order valence-corrected chi connectivity index (χ1v) is 8.22. The lowest BCUT2D eigenvalue weighted by atomic mass is 10.0. The molecule has 0 aliphatic rings. The Kier molecular flexibility index (Phi) is 6.75. The minimum atomic E-state index is -1.01. The predicted molar refractivity (Wildman–Crippen MR) is 87.3 cm³/mol. The van der Waals surface area contributed by atoms with Crippen LogP contribution in [0.15, 0.2) is 18.2 Å². The van der Waals surface area contributed by atoms with Crippen molar-refractivity contribution in [1.82, 2.24) is 4.90 Å². The molecule has 21 heavy (non-hydrogen) atoms. The van der Waals surface area contributed by atoms with Crippen LogP contribution in [-0.2, 0) is 0 Å². The molecule has 1 amide bonds. The van der Waals surface area contributed by atoms with Crippen LogP contribution in [0.2, 0.25) is 0 Å². The molecule has 0 saturated heterocycles. The van der Waals surface area contributed by atoms with Crippen LogP contribution in [0, 0.1) is 6.92 Å². The number of carbonyl (C=O) groups excluding carboxylic acids is 1. The molecule has 0 aliphatic heterocycles. The molecule has 4 nitrogen and oxygen atoms in total. The van der Waals surface area contributed by atoms with Gasteiger partial charge in [0.2, 0.25) is 0 Å². The summed E-state index contributed by atoms with van der Waals surface area (Å²) in [5.74, 6) is 0.950. The third kappa shape index (κ3) is 5.08. The van der Waals surface area contributed by atoms with Crippen LogP contribution in [0.5, 0.6) is 0 Å². The zero-order valence-corrected chi connectivity index (χ0v) is 13.9. The molecule has 0 spiro atoms. The number of carbonyl (C=O) groups is 2. The number of carboxylic acids is 1. The van der Waals surface area contributed by atoms with E-state index in [9.17, 15) is 9.59 Å². The molecule has 1 aromatic rings. The number of aryl methyl sites for hydroxylation is 1. The van der Waals surface area contributed by atoms with Crippen molar-refractivity contribution in [3.05, 3.63) is 34.9 Å². The predicted octanol–water partition coefficient (Wildman–Crippen LogP) is 3.30. The fourth-order valence-corrected chi connectivity index (χ4v) is 2.82. The molecular weight excluding hydrogens is 286 g/mol. The first kappa shape index (κ1) is 17.6. The lowest BCUT2D eigenvalue weighted by Crippen LogP contribution is -2.35. The standard InChI is InChI=1S/C16H23NO3S/c1-5-21-7-6-12(3)17(4)15(18)13-8-11(2)9-14(10-13)16(19)20/h8-10,12H,5-7H2,1-4H3,(H,19,20). The smallest absolute Gasteiger partial charge is 0.335 e. The molecule has 0 saturated carbocycles. The zero-order valence-electron chi connectivity index (χ0n) is 13.0. The Morgan fingerprint density at radius 2 is 1.90 bits per heavy atom. The molecule has 0 aliphatic carbocycles. The summed E-state index contributed by atoms with van der Waals surface area (Å²) in [6.07, 6.45) is 0.929. The van der Waals surface area contributed by atoms with Gasteiger partial charge in [-0.25, -0.2) is 4.79 Å². The molecule has 0 radical (unpaired) electrons. The van der Waals surface area contributed by atoms with E-state index in [4.69, 9.17) is 5.11 Å². The van der Waals surface area contributed by atoms with Crippen LogP contribution >= 0.6 is 11.8 Å². The first-order valence-electron chi connectivity index (χ1n) is 7.06. The molecule has 1 unspecified atom stereocenters. The van der Waals surface area contributed by atoms with Crippen molar-refractivity contribution in [3.8, 4) is 0 Å². The summed E-state index contributed by atoms with van der Waals surface area (Å²) < 4.78 is 0. The topological polar surface area (TPSA) is 57.6 Å². The minimum absolute atomic E-state index is 0.129. The van der Waals surface area contributed by atoms with Gasteiger partial charge in [-0.3, -0.25) is 4.79 Å². The van der Waals surface area contributed by atoms with E-state index in [1.807, 2.05) is 18.7 Å². The van der Waals surface area contributed by atoms with E-state index in [2.05, 4.69) is 6.92 Å². The number of rotatable bonds is 7. The van der Waals surface area contributed by atoms with E-state index in [1.165, 1.54) is 6.07 Å². The number of aromatic carboxylic acids is 1. The van der Waals surface area contributed by atoms with Crippen LogP contribution in [0.25, 0.3) is 0 Å². The van der Waals surface area contributed by atoms with Crippen molar-refractivity contribution >= 4 is 23.6 Å². The van der Waals surface area contributed by atoms with Gasteiger partial charge in [-0.05, 0) is 55.5 Å². The Balaban J connectivity index is 2.84. The number of hydrogen-bond acceptors (Lipinski definition) is 3. The SMILES string of the molecule is CCSCCC(C)N(C)C(=O)c1cc(C)cc(C(=O)O)c1. The summed E-state index contributed by atoms with van der Waals surface area (Å²) >= 11 is 1.85. The molecule has 5 heteroatoms. The quantitative estimate of drug-likeness (QED) is 0.785. The normalized spacial score (nSPS) is 12.0. The van der Waals surface area contributed by atoms with Gasteiger partial charge >= 0.3 is 5.97 Å². The Bertz CT molecular complexity index is 516. The van der Waals surface area contributed by atoms with Crippen LogP contribution < -0.4 is 0 Å². The highest BCUT2D eigenvalue weighted by atomic mass is 32.2. The highest BCUT2D eigenvalue weighted by Gasteiger charge is 2.19. The van der Waals surface area contributed by atoms with Crippen LogP contribution in [0.1, 0.15) is 46.5 Å². The highest BCUT2D eigenvalue weighted by molar-refractivity contribution is 7.99. The van der Waals surface area contributed by atoms with Gasteiger partial charge in [0.15, 0.2) is 0 Å². The number of amides is 1. The number of nitrogens with zero attached hydrogens (tertiary/aromatic N) is 1. The van der Waals surface area contributed by atoms with E-state index in [0.29, 0.717) is 5.56 Å². The summed E-state index contributed by atoms with van der Waals surface area (Å²) in [5, 5.41) is 9.08. The van der Waals surface area contributed by atoms with Gasteiger partial charge in [0.25, 0.3) is 5.91 Å². The van der Waals surface area contributed by atoms with Gasteiger partial charge in [0, 0.05) is 18.7 Å². The van der Waals surface area contributed by atoms with E-state index in [-0.39, 0.29) is 17.5 Å².